The second-order valence-electron chi connectivity index (χ2n) is 6.23. The average molecular weight is 346 g/mol. The van der Waals surface area contributed by atoms with Crippen molar-refractivity contribution in [1.29, 1.82) is 0 Å². The van der Waals surface area contributed by atoms with Crippen LogP contribution in [0.15, 0.2) is 54.9 Å². The van der Waals surface area contributed by atoms with Crippen molar-refractivity contribution < 1.29 is 4.74 Å². The van der Waals surface area contributed by atoms with Gasteiger partial charge in [0.15, 0.2) is 5.82 Å². The van der Waals surface area contributed by atoms with Crippen molar-refractivity contribution in [2.45, 2.75) is 19.8 Å². The van der Waals surface area contributed by atoms with Crippen molar-refractivity contribution in [3.63, 3.8) is 0 Å². The van der Waals surface area contributed by atoms with Crippen molar-refractivity contribution >= 4 is 16.7 Å². The fraction of sp³-hybridized carbons (Fsp3) is 0.158. The van der Waals surface area contributed by atoms with Crippen LogP contribution in [0.3, 0.4) is 0 Å². The maximum absolute atomic E-state index is 6.25. The molecule has 0 amide bonds. The zero-order valence-corrected chi connectivity index (χ0v) is 14.5. The number of nitrogens with two attached hydrogens (primary N) is 1. The van der Waals surface area contributed by atoms with Gasteiger partial charge in [0.05, 0.1) is 5.52 Å². The number of benzene rings is 2. The third-order valence-corrected chi connectivity index (χ3v) is 4.14. The van der Waals surface area contributed by atoms with Gasteiger partial charge >= 0.3 is 0 Å². The standard InChI is InChI=1S/C19H18N6O/c1-12(2)13-7-9-14(10-8-13)26-19-17(20)18(21-11-22-19)25-16-6-4-3-5-15(16)23-24-25/h3-12H,20H2,1-2H3. The first-order valence-electron chi connectivity index (χ1n) is 8.32. The highest BCUT2D eigenvalue weighted by Gasteiger charge is 2.15. The normalized spacial score (nSPS) is 11.2. The summed E-state index contributed by atoms with van der Waals surface area (Å²) in [6.45, 7) is 4.29. The highest BCUT2D eigenvalue weighted by atomic mass is 16.5. The summed E-state index contributed by atoms with van der Waals surface area (Å²) in [6, 6.07) is 15.5. The molecule has 26 heavy (non-hydrogen) atoms. The van der Waals surface area contributed by atoms with E-state index in [0.717, 1.165) is 11.0 Å². The van der Waals surface area contributed by atoms with E-state index in [4.69, 9.17) is 10.5 Å². The molecule has 0 saturated heterocycles. The largest absolute Gasteiger partial charge is 0.437 e. The van der Waals surface area contributed by atoms with Gasteiger partial charge < -0.3 is 10.5 Å². The van der Waals surface area contributed by atoms with Gasteiger partial charge in [0.25, 0.3) is 0 Å². The quantitative estimate of drug-likeness (QED) is 0.605. The summed E-state index contributed by atoms with van der Waals surface area (Å²) in [7, 11) is 0. The van der Waals surface area contributed by atoms with E-state index in [1.807, 2.05) is 48.5 Å². The molecule has 0 bridgehead atoms. The van der Waals surface area contributed by atoms with Crippen LogP contribution in [0, 0.1) is 0 Å². The minimum atomic E-state index is 0.284. The highest BCUT2D eigenvalue weighted by Crippen LogP contribution is 2.30. The number of ether oxygens (including phenoxy) is 1. The van der Waals surface area contributed by atoms with Crippen molar-refractivity contribution in [3.8, 4) is 17.4 Å². The fourth-order valence-electron chi connectivity index (χ4n) is 2.68. The minimum Gasteiger partial charge on any atom is -0.437 e. The number of anilines is 1. The summed E-state index contributed by atoms with van der Waals surface area (Å²) < 4.78 is 7.44. The second kappa shape index (κ2) is 6.44. The molecule has 2 aromatic carbocycles. The number of aromatic nitrogens is 5. The molecule has 2 aromatic heterocycles. The SMILES string of the molecule is CC(C)c1ccc(Oc2ncnc(-n3nnc4ccccc43)c2N)cc1. The molecule has 0 spiro atoms. The van der Waals surface area contributed by atoms with Crippen molar-refractivity contribution in [2.75, 3.05) is 5.73 Å². The summed E-state index contributed by atoms with van der Waals surface area (Å²) in [6.07, 6.45) is 1.40. The number of hydrogen-bond donors (Lipinski definition) is 1. The Morgan fingerprint density at radius 2 is 1.77 bits per heavy atom. The van der Waals surface area contributed by atoms with Gasteiger partial charge in [0, 0.05) is 0 Å². The van der Waals surface area contributed by atoms with E-state index in [1.165, 1.54) is 11.9 Å². The number of nitrogen functional groups attached to an aromatic ring is 1. The number of hydrogen-bond acceptors (Lipinski definition) is 6. The lowest BCUT2D eigenvalue weighted by molar-refractivity contribution is 0.463. The summed E-state index contributed by atoms with van der Waals surface area (Å²) in [5.41, 5.74) is 9.37. The Bertz CT molecular complexity index is 1060. The van der Waals surface area contributed by atoms with Crippen LogP contribution in [-0.4, -0.2) is 25.0 Å². The summed E-state index contributed by atoms with van der Waals surface area (Å²) in [5, 5.41) is 8.28. The number of rotatable bonds is 4. The Balaban J connectivity index is 1.70. The highest BCUT2D eigenvalue weighted by molar-refractivity contribution is 5.77. The number of para-hydroxylation sites is 1. The smallest absolute Gasteiger partial charge is 0.248 e. The molecule has 0 aliphatic heterocycles. The molecular formula is C19H18N6O. The summed E-state index contributed by atoms with van der Waals surface area (Å²) >= 11 is 0. The molecule has 130 valence electrons. The lowest BCUT2D eigenvalue weighted by Crippen LogP contribution is -2.07. The molecular weight excluding hydrogens is 328 g/mol. The predicted octanol–water partition coefficient (Wildman–Crippen LogP) is 3.71. The zero-order valence-electron chi connectivity index (χ0n) is 14.5. The first-order chi connectivity index (χ1) is 12.6. The molecule has 4 rings (SSSR count). The molecule has 4 aromatic rings. The van der Waals surface area contributed by atoms with Crippen molar-refractivity contribution in [1.82, 2.24) is 25.0 Å². The summed E-state index contributed by atoms with van der Waals surface area (Å²) in [5.74, 6) is 1.84. The molecule has 0 atom stereocenters. The molecule has 7 heteroatoms. The van der Waals surface area contributed by atoms with Crippen LogP contribution in [0.2, 0.25) is 0 Å². The van der Waals surface area contributed by atoms with Gasteiger partial charge in [-0.05, 0) is 35.7 Å². The molecule has 2 N–H and O–H groups in total. The van der Waals surface area contributed by atoms with Crippen molar-refractivity contribution in [3.05, 3.63) is 60.4 Å². The molecule has 0 saturated carbocycles. The fourth-order valence-corrected chi connectivity index (χ4v) is 2.68. The van der Waals surface area contributed by atoms with E-state index in [1.54, 1.807) is 4.68 Å². The zero-order chi connectivity index (χ0) is 18.1. The first-order valence-corrected chi connectivity index (χ1v) is 8.32. The van der Waals surface area contributed by atoms with Crippen LogP contribution in [0.1, 0.15) is 25.3 Å². The number of fused-ring (bicyclic) bond motifs is 1. The molecule has 0 unspecified atom stereocenters. The van der Waals surface area contributed by atoms with E-state index in [9.17, 15) is 0 Å². The predicted molar refractivity (Wildman–Crippen MR) is 99.5 cm³/mol. The van der Waals surface area contributed by atoms with Crippen LogP contribution in [-0.2, 0) is 0 Å². The summed E-state index contributed by atoms with van der Waals surface area (Å²) in [4.78, 5) is 8.42. The third kappa shape index (κ3) is 2.83. The van der Waals surface area contributed by atoms with Crippen LogP contribution < -0.4 is 10.5 Å². The van der Waals surface area contributed by atoms with E-state index in [0.29, 0.717) is 23.2 Å². The van der Waals surface area contributed by atoms with Crippen LogP contribution in [0.5, 0.6) is 11.6 Å². The van der Waals surface area contributed by atoms with Gasteiger partial charge in [-0.15, -0.1) is 5.10 Å². The topological polar surface area (TPSA) is 91.7 Å². The molecule has 7 nitrogen and oxygen atoms in total. The van der Waals surface area contributed by atoms with Crippen LogP contribution in [0.4, 0.5) is 5.69 Å². The lowest BCUT2D eigenvalue weighted by atomic mass is 10.0. The second-order valence-corrected chi connectivity index (χ2v) is 6.23. The number of nitrogens with zero attached hydrogens (tertiary/aromatic N) is 5. The Kier molecular flexibility index (Phi) is 3.96. The van der Waals surface area contributed by atoms with E-state index in [2.05, 4.69) is 34.1 Å². The molecule has 0 fully saturated rings. The van der Waals surface area contributed by atoms with Crippen LogP contribution >= 0.6 is 0 Å². The average Bonchev–Trinajstić information content (AvgIpc) is 3.08. The third-order valence-electron chi connectivity index (χ3n) is 4.14. The van der Waals surface area contributed by atoms with Gasteiger partial charge in [-0.25, -0.2) is 4.98 Å². The van der Waals surface area contributed by atoms with Gasteiger partial charge in [-0.2, -0.15) is 9.67 Å². The van der Waals surface area contributed by atoms with E-state index < -0.39 is 0 Å². The van der Waals surface area contributed by atoms with Gasteiger partial charge in [-0.3, -0.25) is 0 Å². The Labute approximate surface area is 150 Å². The maximum Gasteiger partial charge on any atom is 0.248 e. The maximum atomic E-state index is 6.25. The Morgan fingerprint density at radius 3 is 2.54 bits per heavy atom. The van der Waals surface area contributed by atoms with Gasteiger partial charge in [0.2, 0.25) is 5.88 Å². The van der Waals surface area contributed by atoms with Crippen LogP contribution in [0.25, 0.3) is 16.9 Å². The monoisotopic (exact) mass is 346 g/mol. The Hall–Kier alpha value is -3.48. The molecule has 0 aliphatic carbocycles. The molecule has 0 aliphatic rings. The molecule has 0 radical (unpaired) electrons. The van der Waals surface area contributed by atoms with Gasteiger partial charge in [-0.1, -0.05) is 43.3 Å². The van der Waals surface area contributed by atoms with Crippen molar-refractivity contribution in [2.24, 2.45) is 0 Å². The lowest BCUT2D eigenvalue weighted by Gasteiger charge is -2.11. The van der Waals surface area contributed by atoms with E-state index in [-0.39, 0.29) is 5.88 Å². The molecule has 2 heterocycles. The van der Waals surface area contributed by atoms with E-state index >= 15 is 0 Å². The first kappa shape index (κ1) is 16.0. The minimum absolute atomic E-state index is 0.284. The van der Waals surface area contributed by atoms with Gasteiger partial charge in [0.1, 0.15) is 23.3 Å². The Morgan fingerprint density at radius 1 is 1.00 bits per heavy atom.